The third kappa shape index (κ3) is 8.69. The van der Waals surface area contributed by atoms with E-state index in [1.165, 1.54) is 23.5 Å². The Morgan fingerprint density at radius 3 is 2.28 bits per heavy atom. The zero-order valence-corrected chi connectivity index (χ0v) is 22.6. The van der Waals surface area contributed by atoms with Crippen molar-refractivity contribution in [1.82, 2.24) is 19.6 Å². The molecule has 0 spiro atoms. The van der Waals surface area contributed by atoms with Gasteiger partial charge in [0.2, 0.25) is 0 Å². The SMILES string of the molecule is CC(=O)c1ccc(CN(Cc2cccc(CC(C)(C)OC(=O)NCC(=O)O)n2)S(=O)(=O)c2ccccn2)cc1. The molecule has 12 heteroatoms. The Morgan fingerprint density at radius 1 is 0.974 bits per heavy atom. The highest BCUT2D eigenvalue weighted by Gasteiger charge is 2.28. The van der Waals surface area contributed by atoms with Gasteiger partial charge in [0.25, 0.3) is 10.0 Å². The van der Waals surface area contributed by atoms with Crippen molar-refractivity contribution in [3.8, 4) is 0 Å². The molecular weight excluding hydrogens is 524 g/mol. The van der Waals surface area contributed by atoms with Crippen LogP contribution in [0.4, 0.5) is 4.79 Å². The Labute approximate surface area is 226 Å². The number of carbonyl (C=O) groups excluding carboxylic acids is 2. The topological polar surface area (TPSA) is 156 Å². The fraction of sp³-hybridized carbons (Fsp3) is 0.296. The van der Waals surface area contributed by atoms with E-state index in [1.54, 1.807) is 68.4 Å². The number of amides is 1. The van der Waals surface area contributed by atoms with Crippen molar-refractivity contribution in [2.45, 2.75) is 50.9 Å². The molecule has 0 saturated carbocycles. The van der Waals surface area contributed by atoms with Crippen LogP contribution in [0.3, 0.4) is 0 Å². The molecule has 0 unspecified atom stereocenters. The number of benzene rings is 1. The van der Waals surface area contributed by atoms with E-state index in [0.29, 0.717) is 22.5 Å². The molecule has 3 rings (SSSR count). The third-order valence-corrected chi connectivity index (χ3v) is 7.23. The van der Waals surface area contributed by atoms with Crippen LogP contribution in [0.25, 0.3) is 0 Å². The fourth-order valence-electron chi connectivity index (χ4n) is 3.71. The zero-order valence-electron chi connectivity index (χ0n) is 21.8. The lowest BCUT2D eigenvalue weighted by atomic mass is 10.0. The summed E-state index contributed by atoms with van der Waals surface area (Å²) in [7, 11) is -4.01. The number of carboxylic acid groups (broad SMARTS) is 1. The van der Waals surface area contributed by atoms with Crippen LogP contribution in [0.15, 0.2) is 71.9 Å². The van der Waals surface area contributed by atoms with Crippen molar-refractivity contribution < 1.29 is 32.6 Å². The minimum atomic E-state index is -4.01. The Kier molecular flexibility index (Phi) is 9.49. The number of carboxylic acids is 1. The van der Waals surface area contributed by atoms with Gasteiger partial charge in [0.1, 0.15) is 12.1 Å². The minimum Gasteiger partial charge on any atom is -0.480 e. The smallest absolute Gasteiger partial charge is 0.408 e. The molecule has 39 heavy (non-hydrogen) atoms. The second kappa shape index (κ2) is 12.6. The van der Waals surface area contributed by atoms with Crippen LogP contribution in [0.2, 0.25) is 0 Å². The van der Waals surface area contributed by atoms with Crippen LogP contribution in [-0.4, -0.2) is 57.8 Å². The lowest BCUT2D eigenvalue weighted by Crippen LogP contribution is -2.38. The van der Waals surface area contributed by atoms with Gasteiger partial charge >= 0.3 is 12.1 Å². The number of pyridine rings is 2. The van der Waals surface area contributed by atoms with E-state index >= 15 is 0 Å². The van der Waals surface area contributed by atoms with E-state index in [-0.39, 0.29) is 30.3 Å². The van der Waals surface area contributed by atoms with Crippen molar-refractivity contribution >= 4 is 27.9 Å². The van der Waals surface area contributed by atoms with Gasteiger partial charge in [0, 0.05) is 30.4 Å². The summed E-state index contributed by atoms with van der Waals surface area (Å²) in [5.74, 6) is -1.29. The van der Waals surface area contributed by atoms with E-state index in [2.05, 4.69) is 15.3 Å². The first kappa shape index (κ1) is 29.4. The van der Waals surface area contributed by atoms with Gasteiger partial charge in [0.05, 0.1) is 12.2 Å². The second-order valence-electron chi connectivity index (χ2n) is 9.39. The quantitative estimate of drug-likeness (QED) is 0.321. The summed E-state index contributed by atoms with van der Waals surface area (Å²) in [6.07, 6.45) is 0.725. The molecule has 2 N–H and O–H groups in total. The van der Waals surface area contributed by atoms with E-state index in [0.717, 1.165) is 0 Å². The fourth-order valence-corrected chi connectivity index (χ4v) is 5.04. The van der Waals surface area contributed by atoms with Crippen LogP contribution in [-0.2, 0) is 39.1 Å². The molecule has 0 aliphatic rings. The average molecular weight is 555 g/mol. The molecule has 0 radical (unpaired) electrons. The number of ether oxygens (including phenoxy) is 1. The van der Waals surface area contributed by atoms with E-state index in [9.17, 15) is 22.8 Å². The Morgan fingerprint density at radius 2 is 1.67 bits per heavy atom. The number of Topliss-reactive ketones (excluding diaryl/α,β-unsaturated/α-hetero) is 1. The molecule has 0 bridgehead atoms. The maximum absolute atomic E-state index is 13.5. The summed E-state index contributed by atoms with van der Waals surface area (Å²) in [6.45, 7) is 4.15. The summed E-state index contributed by atoms with van der Waals surface area (Å²) < 4.78 is 33.7. The number of rotatable bonds is 12. The lowest BCUT2D eigenvalue weighted by molar-refractivity contribution is -0.136. The largest absolute Gasteiger partial charge is 0.480 e. The van der Waals surface area contributed by atoms with Gasteiger partial charge in [-0.25, -0.2) is 18.2 Å². The minimum absolute atomic E-state index is 0.0152. The van der Waals surface area contributed by atoms with Gasteiger partial charge in [-0.1, -0.05) is 36.4 Å². The normalized spacial score (nSPS) is 11.7. The van der Waals surface area contributed by atoms with Crippen LogP contribution in [0.1, 0.15) is 48.1 Å². The number of sulfonamides is 1. The van der Waals surface area contributed by atoms with Gasteiger partial charge in [-0.05, 0) is 50.6 Å². The molecule has 0 atom stereocenters. The molecule has 2 aromatic heterocycles. The predicted octanol–water partition coefficient (Wildman–Crippen LogP) is 3.20. The second-order valence-corrected chi connectivity index (χ2v) is 11.3. The Bertz CT molecular complexity index is 1430. The van der Waals surface area contributed by atoms with Crippen LogP contribution >= 0.6 is 0 Å². The van der Waals surface area contributed by atoms with Gasteiger partial charge in [-0.3, -0.25) is 14.6 Å². The maximum Gasteiger partial charge on any atom is 0.408 e. The Hall–Kier alpha value is -4.16. The van der Waals surface area contributed by atoms with Crippen molar-refractivity contribution in [1.29, 1.82) is 0 Å². The maximum atomic E-state index is 13.5. The first-order valence-electron chi connectivity index (χ1n) is 12.0. The third-order valence-electron chi connectivity index (χ3n) is 5.52. The Balaban J connectivity index is 1.83. The molecular formula is C27H30N4O7S. The first-order chi connectivity index (χ1) is 18.4. The number of ketones is 1. The molecule has 11 nitrogen and oxygen atoms in total. The summed E-state index contributed by atoms with van der Waals surface area (Å²) in [6, 6.07) is 16.5. The average Bonchev–Trinajstić information content (AvgIpc) is 2.87. The van der Waals surface area contributed by atoms with Crippen molar-refractivity contribution in [2.75, 3.05) is 6.54 Å². The number of nitrogens with one attached hydrogen (secondary N) is 1. The zero-order chi connectivity index (χ0) is 28.6. The molecule has 1 amide bonds. The monoisotopic (exact) mass is 554 g/mol. The number of nitrogens with zero attached hydrogens (tertiary/aromatic N) is 3. The lowest BCUT2D eigenvalue weighted by Gasteiger charge is -2.25. The predicted molar refractivity (Wildman–Crippen MR) is 141 cm³/mol. The van der Waals surface area contributed by atoms with Gasteiger partial charge in [0.15, 0.2) is 10.8 Å². The highest BCUT2D eigenvalue weighted by atomic mass is 32.2. The molecule has 0 aliphatic heterocycles. The van der Waals surface area contributed by atoms with Gasteiger partial charge in [-0.15, -0.1) is 0 Å². The number of hydrogen-bond acceptors (Lipinski definition) is 8. The van der Waals surface area contributed by atoms with Crippen LogP contribution < -0.4 is 5.32 Å². The number of carbonyl (C=O) groups is 3. The van der Waals surface area contributed by atoms with Crippen molar-refractivity contribution in [3.63, 3.8) is 0 Å². The number of aromatic nitrogens is 2. The van der Waals surface area contributed by atoms with E-state index in [1.807, 2.05) is 0 Å². The van der Waals surface area contributed by atoms with Gasteiger partial charge < -0.3 is 15.2 Å². The summed E-state index contributed by atoms with van der Waals surface area (Å²) in [4.78, 5) is 42.8. The first-order valence-corrected chi connectivity index (χ1v) is 13.4. The molecule has 2 heterocycles. The van der Waals surface area contributed by atoms with Crippen molar-refractivity contribution in [2.24, 2.45) is 0 Å². The number of aliphatic carboxylic acids is 1. The van der Waals surface area contributed by atoms with E-state index in [4.69, 9.17) is 9.84 Å². The summed E-state index contributed by atoms with van der Waals surface area (Å²) in [5, 5.41) is 10.8. The standard InChI is InChI=1S/C27H30N4O7S/c1-19(32)21-12-10-20(11-13-21)17-31(39(36,37)24-9-4-5-14-28-24)18-23-8-6-7-22(30-23)15-27(2,3)38-26(35)29-16-25(33)34/h4-14H,15-18H2,1-3H3,(H,29,35)(H,33,34). The molecule has 206 valence electrons. The van der Waals surface area contributed by atoms with Crippen molar-refractivity contribution in [3.05, 3.63) is 89.4 Å². The molecule has 0 aliphatic carbocycles. The highest BCUT2D eigenvalue weighted by molar-refractivity contribution is 7.89. The van der Waals surface area contributed by atoms with Gasteiger partial charge in [-0.2, -0.15) is 4.31 Å². The number of hydrogen-bond donors (Lipinski definition) is 2. The van der Waals surface area contributed by atoms with Crippen LogP contribution in [0.5, 0.6) is 0 Å². The summed E-state index contributed by atoms with van der Waals surface area (Å²) >= 11 is 0. The molecule has 0 saturated heterocycles. The summed E-state index contributed by atoms with van der Waals surface area (Å²) in [5.41, 5.74) is 1.18. The molecule has 3 aromatic rings. The van der Waals surface area contributed by atoms with Crippen LogP contribution in [0, 0.1) is 0 Å². The molecule has 1 aromatic carbocycles. The molecule has 0 fully saturated rings. The number of alkyl carbamates (subject to hydrolysis) is 1. The van der Waals surface area contributed by atoms with E-state index < -0.39 is 34.2 Å². The highest BCUT2D eigenvalue weighted by Crippen LogP contribution is 2.21.